The molecular weight excluding hydrogens is 421 g/mol. The molecule has 1 aliphatic rings. The van der Waals surface area contributed by atoms with Crippen molar-refractivity contribution in [1.29, 1.82) is 0 Å². The highest BCUT2D eigenvalue weighted by atomic mass is 19.1. The molecule has 0 saturated carbocycles. The first kappa shape index (κ1) is 24.5. The second kappa shape index (κ2) is 10.6. The van der Waals surface area contributed by atoms with E-state index < -0.39 is 23.5 Å². The SMILES string of the molecule is CCN(CC)c1ccc(C2/C(=C(/O)c3ccc(F)cc3)C(=O)C(=O)N2CCCN(C)C)cc1. The van der Waals surface area contributed by atoms with E-state index in [1.54, 1.807) is 0 Å². The second-order valence-corrected chi connectivity index (χ2v) is 8.42. The molecule has 1 fully saturated rings. The molecule has 176 valence electrons. The largest absolute Gasteiger partial charge is 0.507 e. The number of ketones is 1. The molecule has 33 heavy (non-hydrogen) atoms. The molecule has 1 aliphatic heterocycles. The lowest BCUT2D eigenvalue weighted by molar-refractivity contribution is -0.139. The fraction of sp³-hybridized carbons (Fsp3) is 0.385. The van der Waals surface area contributed by atoms with E-state index in [4.69, 9.17) is 0 Å². The van der Waals surface area contributed by atoms with Gasteiger partial charge in [0.05, 0.1) is 11.6 Å². The van der Waals surface area contributed by atoms with Crippen LogP contribution in [0.5, 0.6) is 0 Å². The summed E-state index contributed by atoms with van der Waals surface area (Å²) < 4.78 is 13.4. The monoisotopic (exact) mass is 453 g/mol. The van der Waals surface area contributed by atoms with Gasteiger partial charge in [-0.15, -0.1) is 0 Å². The number of hydrogen-bond acceptors (Lipinski definition) is 5. The number of benzene rings is 2. The molecule has 0 aromatic heterocycles. The summed E-state index contributed by atoms with van der Waals surface area (Å²) in [5, 5.41) is 11.0. The van der Waals surface area contributed by atoms with Crippen LogP contribution >= 0.6 is 0 Å². The Balaban J connectivity index is 2.06. The number of anilines is 1. The Bertz CT molecular complexity index is 1010. The van der Waals surface area contributed by atoms with E-state index in [0.717, 1.165) is 30.9 Å². The molecule has 0 aliphatic carbocycles. The first-order valence-electron chi connectivity index (χ1n) is 11.3. The Labute approximate surface area is 194 Å². The number of aliphatic hydroxyl groups is 1. The lowest BCUT2D eigenvalue weighted by atomic mass is 9.95. The van der Waals surface area contributed by atoms with E-state index >= 15 is 0 Å². The number of likely N-dealkylation sites (tertiary alicyclic amines) is 1. The number of amides is 1. The topological polar surface area (TPSA) is 64.1 Å². The van der Waals surface area contributed by atoms with Gasteiger partial charge in [-0.25, -0.2) is 4.39 Å². The van der Waals surface area contributed by atoms with Crippen LogP contribution in [-0.4, -0.2) is 66.9 Å². The summed E-state index contributed by atoms with van der Waals surface area (Å²) in [7, 11) is 3.90. The smallest absolute Gasteiger partial charge is 0.295 e. The number of Topliss-reactive ketones (excluding diaryl/α,β-unsaturated/α-hetero) is 1. The van der Waals surface area contributed by atoms with Crippen molar-refractivity contribution in [2.24, 2.45) is 0 Å². The van der Waals surface area contributed by atoms with Gasteiger partial charge in [0.2, 0.25) is 0 Å². The van der Waals surface area contributed by atoms with Crippen molar-refractivity contribution in [3.8, 4) is 0 Å². The summed E-state index contributed by atoms with van der Waals surface area (Å²) >= 11 is 0. The van der Waals surface area contributed by atoms with Crippen molar-refractivity contribution in [1.82, 2.24) is 9.80 Å². The van der Waals surface area contributed by atoms with Gasteiger partial charge in [0.1, 0.15) is 11.6 Å². The van der Waals surface area contributed by atoms with Crippen LogP contribution in [0.15, 0.2) is 54.1 Å². The van der Waals surface area contributed by atoms with Gasteiger partial charge >= 0.3 is 0 Å². The number of hydrogen-bond donors (Lipinski definition) is 1. The summed E-state index contributed by atoms with van der Waals surface area (Å²) in [6.45, 7) is 7.03. The number of aliphatic hydroxyl groups excluding tert-OH is 1. The maximum absolute atomic E-state index is 13.4. The molecule has 1 atom stereocenters. The predicted molar refractivity (Wildman–Crippen MR) is 129 cm³/mol. The second-order valence-electron chi connectivity index (χ2n) is 8.42. The highest BCUT2D eigenvalue weighted by Gasteiger charge is 2.45. The van der Waals surface area contributed by atoms with E-state index in [0.29, 0.717) is 18.5 Å². The molecule has 1 unspecified atom stereocenters. The molecule has 1 saturated heterocycles. The molecule has 6 nitrogen and oxygen atoms in total. The zero-order valence-electron chi connectivity index (χ0n) is 19.7. The van der Waals surface area contributed by atoms with Gasteiger partial charge in [0.25, 0.3) is 11.7 Å². The molecule has 0 bridgehead atoms. The fourth-order valence-electron chi connectivity index (χ4n) is 4.23. The van der Waals surface area contributed by atoms with Gasteiger partial charge < -0.3 is 19.8 Å². The highest BCUT2D eigenvalue weighted by Crippen LogP contribution is 2.40. The van der Waals surface area contributed by atoms with Gasteiger partial charge in [0.15, 0.2) is 0 Å². The number of rotatable bonds is 9. The number of nitrogens with zero attached hydrogens (tertiary/aromatic N) is 3. The quantitative estimate of drug-likeness (QED) is 0.353. The van der Waals surface area contributed by atoms with E-state index in [1.165, 1.54) is 29.2 Å². The van der Waals surface area contributed by atoms with E-state index in [9.17, 15) is 19.1 Å². The minimum absolute atomic E-state index is 0.0343. The molecule has 1 N–H and O–H groups in total. The zero-order valence-corrected chi connectivity index (χ0v) is 19.7. The molecule has 1 amide bonds. The summed E-state index contributed by atoms with van der Waals surface area (Å²) in [4.78, 5) is 31.8. The van der Waals surface area contributed by atoms with Gasteiger partial charge in [-0.3, -0.25) is 9.59 Å². The van der Waals surface area contributed by atoms with Crippen LogP contribution in [0.1, 0.15) is 37.4 Å². The Morgan fingerprint density at radius 3 is 2.15 bits per heavy atom. The minimum atomic E-state index is -0.723. The summed E-state index contributed by atoms with van der Waals surface area (Å²) in [6.07, 6.45) is 0.685. The molecular formula is C26H32FN3O3. The Morgan fingerprint density at radius 2 is 1.61 bits per heavy atom. The van der Waals surface area contributed by atoms with Crippen LogP contribution in [0.2, 0.25) is 0 Å². The van der Waals surface area contributed by atoms with Crippen LogP contribution in [0.3, 0.4) is 0 Å². The lowest BCUT2D eigenvalue weighted by Gasteiger charge is -2.27. The van der Waals surface area contributed by atoms with Crippen molar-refractivity contribution in [2.75, 3.05) is 45.2 Å². The van der Waals surface area contributed by atoms with Crippen molar-refractivity contribution in [2.45, 2.75) is 26.3 Å². The first-order valence-corrected chi connectivity index (χ1v) is 11.3. The maximum Gasteiger partial charge on any atom is 0.295 e. The third kappa shape index (κ3) is 5.25. The summed E-state index contributed by atoms with van der Waals surface area (Å²) in [5.41, 5.74) is 2.13. The molecule has 2 aromatic rings. The van der Waals surface area contributed by atoms with E-state index in [1.807, 2.05) is 43.3 Å². The molecule has 0 spiro atoms. The lowest BCUT2D eigenvalue weighted by Crippen LogP contribution is -2.32. The molecule has 1 heterocycles. The molecule has 7 heteroatoms. The molecule has 0 radical (unpaired) electrons. The van der Waals surface area contributed by atoms with E-state index in [2.05, 4.69) is 18.7 Å². The first-order chi connectivity index (χ1) is 15.8. The predicted octanol–water partition coefficient (Wildman–Crippen LogP) is 4.05. The Morgan fingerprint density at radius 1 is 1.00 bits per heavy atom. The van der Waals surface area contributed by atoms with Gasteiger partial charge in [-0.1, -0.05) is 12.1 Å². The summed E-state index contributed by atoms with van der Waals surface area (Å²) in [6, 6.07) is 12.3. The standard InChI is InChI=1S/C26H32FN3O3/c1-5-29(6-2)21-14-10-18(11-15-21)23-22(24(31)19-8-12-20(27)13-9-19)25(32)26(33)30(23)17-7-16-28(3)4/h8-15,23,31H,5-7,16-17H2,1-4H3/b24-22-. The Kier molecular flexibility index (Phi) is 7.87. The normalized spacial score (nSPS) is 17.8. The van der Waals surface area contributed by atoms with Crippen LogP contribution in [0.25, 0.3) is 5.76 Å². The average Bonchev–Trinajstić information content (AvgIpc) is 3.05. The van der Waals surface area contributed by atoms with Crippen LogP contribution in [-0.2, 0) is 9.59 Å². The molecule has 3 rings (SSSR count). The molecule has 2 aromatic carbocycles. The van der Waals surface area contributed by atoms with Crippen LogP contribution in [0.4, 0.5) is 10.1 Å². The number of carbonyl (C=O) groups excluding carboxylic acids is 2. The van der Waals surface area contributed by atoms with Crippen molar-refractivity contribution >= 4 is 23.1 Å². The fourth-order valence-corrected chi connectivity index (χ4v) is 4.23. The van der Waals surface area contributed by atoms with Crippen LogP contribution in [0, 0.1) is 5.82 Å². The average molecular weight is 454 g/mol. The maximum atomic E-state index is 13.4. The van der Waals surface area contributed by atoms with Crippen molar-refractivity contribution < 1.29 is 19.1 Å². The number of carbonyl (C=O) groups is 2. The highest BCUT2D eigenvalue weighted by molar-refractivity contribution is 6.46. The number of halogens is 1. The van der Waals surface area contributed by atoms with Crippen LogP contribution < -0.4 is 4.90 Å². The Hall–Kier alpha value is -3.19. The van der Waals surface area contributed by atoms with Gasteiger partial charge in [-0.2, -0.15) is 0 Å². The summed E-state index contributed by atoms with van der Waals surface area (Å²) in [5.74, 6) is -2.09. The van der Waals surface area contributed by atoms with Crippen molar-refractivity contribution in [3.05, 3.63) is 71.0 Å². The van der Waals surface area contributed by atoms with E-state index in [-0.39, 0.29) is 11.3 Å². The van der Waals surface area contributed by atoms with Crippen molar-refractivity contribution in [3.63, 3.8) is 0 Å². The third-order valence-corrected chi connectivity index (χ3v) is 6.00. The van der Waals surface area contributed by atoms with Gasteiger partial charge in [-0.05, 0) is 82.9 Å². The zero-order chi connectivity index (χ0) is 24.1. The minimum Gasteiger partial charge on any atom is -0.507 e. The van der Waals surface area contributed by atoms with Gasteiger partial charge in [0, 0.05) is 30.9 Å². The third-order valence-electron chi connectivity index (χ3n) is 6.00.